The van der Waals surface area contributed by atoms with Crippen molar-refractivity contribution in [3.63, 3.8) is 0 Å². The summed E-state index contributed by atoms with van der Waals surface area (Å²) in [6.45, 7) is 0. The second-order valence-corrected chi connectivity index (χ2v) is 10.1. The summed E-state index contributed by atoms with van der Waals surface area (Å²) in [7, 11) is 0. The van der Waals surface area contributed by atoms with Crippen LogP contribution in [-0.2, 0) is 0 Å². The Morgan fingerprint density at radius 2 is 1.21 bits per heavy atom. The molecule has 14 heteroatoms. The van der Waals surface area contributed by atoms with Gasteiger partial charge in [0.1, 0.15) is 5.69 Å². The molecule has 0 bridgehead atoms. The molecule has 204 valence electrons. The molecule has 2 aliphatic carbocycles. The van der Waals surface area contributed by atoms with Gasteiger partial charge in [0.25, 0.3) is 0 Å². The molecular formula is C24H18F10N4. The van der Waals surface area contributed by atoms with Gasteiger partial charge in [-0.2, -0.15) is 0 Å². The molecular weight excluding hydrogens is 534 g/mol. The van der Waals surface area contributed by atoms with E-state index in [-0.39, 0.29) is 30.6 Å². The maximum atomic E-state index is 14.6. The lowest BCUT2D eigenvalue weighted by Crippen LogP contribution is -2.75. The number of rotatable bonds is 2. The highest BCUT2D eigenvalue weighted by atomic mass is 19.2. The van der Waals surface area contributed by atoms with Crippen LogP contribution in [0.3, 0.4) is 0 Å². The van der Waals surface area contributed by atoms with Crippen molar-refractivity contribution in [2.75, 3.05) is 5.12 Å². The summed E-state index contributed by atoms with van der Waals surface area (Å²) in [5.41, 5.74) is 3.32. The van der Waals surface area contributed by atoms with Crippen LogP contribution in [0.4, 0.5) is 49.6 Å². The standard InChI is InChI=1S/C24H18F10N4/c25-13-12(14(26)16(28)17(29)15(13)27)9-5-7-1-2-10-23-11(7)8(6-9)3-4-37(23)36-38(35-10)24-21(33)19(31)18(30)20(32)22(24)34/h3-4,7-11,23,35-36H,1-2,5-6H2. The molecule has 2 aliphatic heterocycles. The summed E-state index contributed by atoms with van der Waals surface area (Å²) in [5.74, 6) is -22.1. The summed E-state index contributed by atoms with van der Waals surface area (Å²) < 4.78 is 141. The van der Waals surface area contributed by atoms with E-state index in [1.165, 1.54) is 11.2 Å². The topological polar surface area (TPSA) is 30.5 Å². The largest absolute Gasteiger partial charge is 0.292 e. The van der Waals surface area contributed by atoms with E-state index < -0.39 is 87.4 Å². The summed E-state index contributed by atoms with van der Waals surface area (Å²) >= 11 is 0. The van der Waals surface area contributed by atoms with E-state index in [9.17, 15) is 43.9 Å². The predicted octanol–water partition coefficient (Wildman–Crippen LogP) is 5.61. The van der Waals surface area contributed by atoms with Crippen LogP contribution in [0.25, 0.3) is 0 Å². The van der Waals surface area contributed by atoms with Gasteiger partial charge in [0.15, 0.2) is 46.5 Å². The number of hydrogen-bond acceptors (Lipinski definition) is 4. The van der Waals surface area contributed by atoms with Crippen molar-refractivity contribution in [2.45, 2.75) is 43.7 Å². The smallest absolute Gasteiger partial charge is 0.200 e. The zero-order valence-corrected chi connectivity index (χ0v) is 19.1. The van der Waals surface area contributed by atoms with Crippen LogP contribution in [0.5, 0.6) is 0 Å². The van der Waals surface area contributed by atoms with Gasteiger partial charge in [0.05, 0.1) is 12.1 Å². The molecule has 6 rings (SSSR count). The van der Waals surface area contributed by atoms with Crippen molar-refractivity contribution in [1.82, 2.24) is 16.0 Å². The lowest BCUT2D eigenvalue weighted by atomic mass is 9.57. The second kappa shape index (κ2) is 8.76. The first-order valence-electron chi connectivity index (χ1n) is 11.8. The highest BCUT2D eigenvalue weighted by Gasteiger charge is 2.53. The minimum atomic E-state index is -2.29. The normalized spacial score (nSPS) is 30.1. The van der Waals surface area contributed by atoms with Crippen LogP contribution >= 0.6 is 0 Å². The fourth-order valence-electron chi connectivity index (χ4n) is 6.69. The lowest BCUT2D eigenvalue weighted by Gasteiger charge is -2.59. The van der Waals surface area contributed by atoms with Crippen molar-refractivity contribution in [3.05, 3.63) is 76.0 Å². The van der Waals surface area contributed by atoms with Crippen molar-refractivity contribution in [1.29, 1.82) is 0 Å². The van der Waals surface area contributed by atoms with Crippen molar-refractivity contribution >= 4 is 5.69 Å². The molecule has 38 heavy (non-hydrogen) atoms. The Balaban J connectivity index is 1.32. The molecule has 2 aromatic carbocycles. The Morgan fingerprint density at radius 3 is 1.82 bits per heavy atom. The number of nitrogens with zero attached hydrogens (tertiary/aromatic N) is 2. The fraction of sp³-hybridized carbons (Fsp3) is 0.417. The molecule has 4 aliphatic rings. The number of nitrogens with one attached hydrogen (secondary N) is 2. The molecule has 0 amide bonds. The molecule has 0 aromatic heterocycles. The number of halogens is 10. The third kappa shape index (κ3) is 3.45. The molecule has 0 radical (unpaired) electrons. The molecule has 6 unspecified atom stereocenters. The van der Waals surface area contributed by atoms with Gasteiger partial charge in [-0.15, -0.1) is 5.53 Å². The van der Waals surface area contributed by atoms with E-state index in [0.29, 0.717) is 18.0 Å². The molecule has 2 N–H and O–H groups in total. The van der Waals surface area contributed by atoms with E-state index in [0.717, 1.165) is 0 Å². The molecule has 6 atom stereocenters. The van der Waals surface area contributed by atoms with Gasteiger partial charge in [-0.05, 0) is 49.4 Å². The number of benzene rings is 2. The van der Waals surface area contributed by atoms with Crippen LogP contribution in [0, 0.1) is 75.9 Å². The quantitative estimate of drug-likeness (QED) is 0.288. The Kier molecular flexibility index (Phi) is 5.83. The van der Waals surface area contributed by atoms with Gasteiger partial charge in [-0.25, -0.2) is 54.4 Å². The van der Waals surface area contributed by atoms with Gasteiger partial charge >= 0.3 is 0 Å². The Bertz CT molecular complexity index is 1210. The second-order valence-electron chi connectivity index (χ2n) is 10.1. The van der Waals surface area contributed by atoms with E-state index in [4.69, 9.17) is 0 Å². The zero-order valence-electron chi connectivity index (χ0n) is 19.1. The molecule has 3 fully saturated rings. The maximum Gasteiger partial charge on any atom is 0.200 e. The highest BCUT2D eigenvalue weighted by molar-refractivity contribution is 5.49. The van der Waals surface area contributed by atoms with Crippen LogP contribution in [0.1, 0.15) is 37.2 Å². The van der Waals surface area contributed by atoms with E-state index in [1.54, 1.807) is 6.08 Å². The van der Waals surface area contributed by atoms with Crippen molar-refractivity contribution < 1.29 is 43.9 Å². The minimum absolute atomic E-state index is 0.0917. The van der Waals surface area contributed by atoms with Gasteiger partial charge in [-0.3, -0.25) is 5.01 Å². The van der Waals surface area contributed by atoms with Gasteiger partial charge < -0.3 is 0 Å². The minimum Gasteiger partial charge on any atom is -0.292 e. The molecule has 1 saturated heterocycles. The first-order valence-corrected chi connectivity index (χ1v) is 11.8. The first kappa shape index (κ1) is 25.3. The average molecular weight is 552 g/mol. The van der Waals surface area contributed by atoms with Gasteiger partial charge in [0.2, 0.25) is 11.6 Å². The van der Waals surface area contributed by atoms with Crippen LogP contribution in [-0.4, -0.2) is 17.1 Å². The summed E-state index contributed by atoms with van der Waals surface area (Å²) in [4.78, 5) is 0. The summed E-state index contributed by atoms with van der Waals surface area (Å²) in [5, 5.41) is 2.09. The van der Waals surface area contributed by atoms with E-state index in [2.05, 4.69) is 11.0 Å². The molecule has 2 saturated carbocycles. The highest BCUT2D eigenvalue weighted by Crippen LogP contribution is 2.53. The average Bonchev–Trinajstić information content (AvgIpc) is 2.91. The van der Waals surface area contributed by atoms with Gasteiger partial charge in [0, 0.05) is 11.8 Å². The predicted molar refractivity (Wildman–Crippen MR) is 111 cm³/mol. The molecule has 2 aromatic rings. The third-order valence-corrected chi connectivity index (χ3v) is 8.23. The first-order chi connectivity index (χ1) is 18.0. The Labute approximate surface area is 208 Å². The SMILES string of the molecule is Fc1c(F)c(F)c(C2CC3C=CN4NN(c5c(F)c(F)c(F)c(F)c5F)NC5CCC(C2)C3C54)c(F)c1F. The zero-order chi connectivity index (χ0) is 27.2. The fourth-order valence-corrected chi connectivity index (χ4v) is 6.69. The van der Waals surface area contributed by atoms with E-state index >= 15 is 0 Å². The molecule has 4 nitrogen and oxygen atoms in total. The Hall–Kier alpha value is -3.00. The number of anilines is 1. The van der Waals surface area contributed by atoms with Crippen LogP contribution in [0.2, 0.25) is 0 Å². The van der Waals surface area contributed by atoms with Crippen LogP contribution < -0.4 is 16.1 Å². The Morgan fingerprint density at radius 1 is 0.658 bits per heavy atom. The monoisotopic (exact) mass is 552 g/mol. The van der Waals surface area contributed by atoms with E-state index in [1.807, 2.05) is 0 Å². The lowest BCUT2D eigenvalue weighted by molar-refractivity contribution is -0.0519. The van der Waals surface area contributed by atoms with Crippen molar-refractivity contribution in [3.8, 4) is 0 Å². The summed E-state index contributed by atoms with van der Waals surface area (Å²) in [6, 6.07) is -0.913. The number of hydrogen-bond donors (Lipinski definition) is 2. The third-order valence-electron chi connectivity index (χ3n) is 8.23. The van der Waals surface area contributed by atoms with Gasteiger partial charge in [-0.1, -0.05) is 6.08 Å². The number of allylic oxidation sites excluding steroid dienone is 1. The molecule has 2 heterocycles. The summed E-state index contributed by atoms with van der Waals surface area (Å²) in [6.07, 6.45) is 4.11. The van der Waals surface area contributed by atoms with Crippen molar-refractivity contribution in [2.24, 2.45) is 17.8 Å². The molecule has 0 spiro atoms. The van der Waals surface area contributed by atoms with Crippen LogP contribution in [0.15, 0.2) is 12.3 Å². The number of hydrazine groups is 3. The maximum absolute atomic E-state index is 14.6.